The molecule has 0 saturated carbocycles. The summed E-state index contributed by atoms with van der Waals surface area (Å²) in [5.41, 5.74) is 4.27. The molecule has 124 valence electrons. The van der Waals surface area contributed by atoms with Crippen LogP contribution in [0.15, 0.2) is 79.0 Å². The van der Waals surface area contributed by atoms with Crippen LogP contribution in [0.4, 0.5) is 0 Å². The van der Waals surface area contributed by atoms with Gasteiger partial charge in [-0.05, 0) is 30.3 Å². The quantitative estimate of drug-likeness (QED) is 0.509. The van der Waals surface area contributed by atoms with Crippen molar-refractivity contribution < 1.29 is 9.90 Å². The van der Waals surface area contributed by atoms with Gasteiger partial charge in [0.1, 0.15) is 0 Å². The van der Waals surface area contributed by atoms with Gasteiger partial charge in [0.25, 0.3) is 0 Å². The molecule has 0 fully saturated rings. The molecule has 3 aromatic carbocycles. The number of carbonyl (C=O) groups is 1. The normalized spacial score (nSPS) is 10.3. The predicted molar refractivity (Wildman–Crippen MR) is 103 cm³/mol. The Morgan fingerprint density at radius 3 is 2.42 bits per heavy atom. The number of rotatable bonds is 2. The number of benzene rings is 3. The zero-order chi connectivity index (χ0) is 17.9. The molecule has 0 bridgehead atoms. The number of hydrogen-bond acceptors (Lipinski definition) is 1. The maximum absolute atomic E-state index is 11.8. The molecule has 0 radical (unpaired) electrons. The molecule has 0 aliphatic heterocycles. The van der Waals surface area contributed by atoms with Gasteiger partial charge in [0, 0.05) is 39.4 Å². The van der Waals surface area contributed by atoms with E-state index in [2.05, 4.69) is 16.8 Å². The van der Waals surface area contributed by atoms with Crippen molar-refractivity contribution in [2.45, 2.75) is 0 Å². The molecule has 3 heteroatoms. The lowest BCUT2D eigenvalue weighted by Gasteiger charge is -2.08. The molecule has 0 spiro atoms. The third-order valence-corrected chi connectivity index (χ3v) is 4.27. The first-order valence-corrected chi connectivity index (χ1v) is 8.24. The van der Waals surface area contributed by atoms with Crippen LogP contribution in [0.2, 0.25) is 0 Å². The summed E-state index contributed by atoms with van der Waals surface area (Å²) in [6, 6.07) is 22.7. The summed E-state index contributed by atoms with van der Waals surface area (Å²) in [6.07, 6.45) is 1.85. The van der Waals surface area contributed by atoms with Crippen LogP contribution in [0.5, 0.6) is 0 Å². The monoisotopic (exact) mass is 337 g/mol. The Labute approximate surface area is 150 Å². The molecule has 0 amide bonds. The first-order valence-electron chi connectivity index (χ1n) is 8.24. The number of fused-ring (bicyclic) bond motifs is 1. The van der Waals surface area contributed by atoms with Gasteiger partial charge >= 0.3 is 5.97 Å². The van der Waals surface area contributed by atoms with Gasteiger partial charge < -0.3 is 10.1 Å². The fourth-order valence-electron chi connectivity index (χ4n) is 3.06. The van der Waals surface area contributed by atoms with E-state index >= 15 is 0 Å². The van der Waals surface area contributed by atoms with Crippen molar-refractivity contribution in [3.05, 3.63) is 95.7 Å². The summed E-state index contributed by atoms with van der Waals surface area (Å²) in [5, 5.41) is 10.7. The van der Waals surface area contributed by atoms with Crippen LogP contribution in [0.25, 0.3) is 22.0 Å². The van der Waals surface area contributed by atoms with Crippen molar-refractivity contribution in [1.29, 1.82) is 0 Å². The topological polar surface area (TPSA) is 53.1 Å². The van der Waals surface area contributed by atoms with Crippen LogP contribution >= 0.6 is 0 Å². The van der Waals surface area contributed by atoms with Crippen LogP contribution in [0.1, 0.15) is 21.5 Å². The van der Waals surface area contributed by atoms with Gasteiger partial charge in [0.15, 0.2) is 0 Å². The Balaban J connectivity index is 1.95. The first-order chi connectivity index (χ1) is 12.7. The Bertz CT molecular complexity index is 1160. The fraction of sp³-hybridized carbons (Fsp3) is 0. The highest BCUT2D eigenvalue weighted by Crippen LogP contribution is 2.33. The van der Waals surface area contributed by atoms with Crippen LogP contribution in [0.3, 0.4) is 0 Å². The van der Waals surface area contributed by atoms with E-state index in [1.165, 1.54) is 0 Å². The maximum Gasteiger partial charge on any atom is 0.336 e. The van der Waals surface area contributed by atoms with Gasteiger partial charge in [0.2, 0.25) is 0 Å². The smallest absolute Gasteiger partial charge is 0.336 e. The molecule has 1 aromatic heterocycles. The number of carboxylic acid groups (broad SMARTS) is 1. The van der Waals surface area contributed by atoms with Gasteiger partial charge in [-0.3, -0.25) is 0 Å². The molecule has 0 atom stereocenters. The molecular weight excluding hydrogens is 322 g/mol. The third kappa shape index (κ3) is 2.85. The van der Waals surface area contributed by atoms with E-state index in [4.69, 9.17) is 0 Å². The van der Waals surface area contributed by atoms with E-state index in [0.29, 0.717) is 11.1 Å². The lowest BCUT2D eigenvalue weighted by Crippen LogP contribution is -2.01. The first kappa shape index (κ1) is 15.7. The number of carboxylic acids is 1. The molecule has 4 aromatic rings. The van der Waals surface area contributed by atoms with E-state index in [0.717, 1.165) is 22.0 Å². The second-order valence-electron chi connectivity index (χ2n) is 5.90. The Morgan fingerprint density at radius 1 is 0.846 bits per heavy atom. The van der Waals surface area contributed by atoms with Crippen molar-refractivity contribution in [3.8, 4) is 23.0 Å². The minimum absolute atomic E-state index is 0.245. The molecule has 1 heterocycles. The van der Waals surface area contributed by atoms with Crippen molar-refractivity contribution in [1.82, 2.24) is 4.98 Å². The number of aromatic nitrogens is 1. The maximum atomic E-state index is 11.8. The van der Waals surface area contributed by atoms with Crippen molar-refractivity contribution in [3.63, 3.8) is 0 Å². The zero-order valence-electron chi connectivity index (χ0n) is 13.9. The fourth-order valence-corrected chi connectivity index (χ4v) is 3.06. The van der Waals surface area contributed by atoms with E-state index in [1.807, 2.05) is 66.9 Å². The van der Waals surface area contributed by atoms with Crippen molar-refractivity contribution >= 4 is 16.9 Å². The SMILES string of the molecule is O=C(O)c1cccc(C#Cc2ccccc2)c1-c1c[nH]c2ccccc12. The summed E-state index contributed by atoms with van der Waals surface area (Å²) in [5.74, 6) is 5.31. The second kappa shape index (κ2) is 6.62. The molecule has 0 unspecified atom stereocenters. The number of nitrogens with one attached hydrogen (secondary N) is 1. The Morgan fingerprint density at radius 2 is 1.62 bits per heavy atom. The average Bonchev–Trinajstić information content (AvgIpc) is 3.10. The molecule has 2 N–H and O–H groups in total. The van der Waals surface area contributed by atoms with Crippen molar-refractivity contribution in [2.24, 2.45) is 0 Å². The Kier molecular flexibility index (Phi) is 4.01. The van der Waals surface area contributed by atoms with E-state index < -0.39 is 5.97 Å². The highest BCUT2D eigenvalue weighted by atomic mass is 16.4. The number of aromatic carboxylic acids is 1. The number of aromatic amines is 1. The summed E-state index contributed by atoms with van der Waals surface area (Å²) >= 11 is 0. The Hall–Kier alpha value is -3.77. The van der Waals surface area contributed by atoms with Crippen molar-refractivity contribution in [2.75, 3.05) is 0 Å². The highest BCUT2D eigenvalue weighted by molar-refractivity contribution is 6.04. The minimum atomic E-state index is -0.964. The number of hydrogen-bond donors (Lipinski definition) is 2. The summed E-state index contributed by atoms with van der Waals surface area (Å²) in [7, 11) is 0. The highest BCUT2D eigenvalue weighted by Gasteiger charge is 2.17. The molecule has 0 aliphatic carbocycles. The number of H-pyrrole nitrogens is 1. The summed E-state index contributed by atoms with van der Waals surface area (Å²) in [6.45, 7) is 0. The molecule has 0 aliphatic rings. The third-order valence-electron chi connectivity index (χ3n) is 4.27. The largest absolute Gasteiger partial charge is 0.478 e. The van der Waals surface area contributed by atoms with Crippen LogP contribution in [0, 0.1) is 11.8 Å². The van der Waals surface area contributed by atoms with E-state index in [-0.39, 0.29) is 5.56 Å². The second-order valence-corrected chi connectivity index (χ2v) is 5.90. The van der Waals surface area contributed by atoms with Crippen LogP contribution in [-0.4, -0.2) is 16.1 Å². The van der Waals surface area contributed by atoms with E-state index in [9.17, 15) is 9.90 Å². The summed E-state index contributed by atoms with van der Waals surface area (Å²) < 4.78 is 0. The molecular formula is C23H15NO2. The summed E-state index contributed by atoms with van der Waals surface area (Å²) in [4.78, 5) is 15.0. The molecule has 0 saturated heterocycles. The minimum Gasteiger partial charge on any atom is -0.478 e. The standard InChI is InChI=1S/C23H15NO2/c25-23(26)19-11-6-9-17(14-13-16-7-2-1-3-8-16)22(19)20-15-24-21-12-5-4-10-18(20)21/h1-12,15,24H,(H,25,26). The van der Waals surface area contributed by atoms with Crippen LogP contribution < -0.4 is 0 Å². The predicted octanol–water partition coefficient (Wildman–Crippen LogP) is 4.93. The van der Waals surface area contributed by atoms with Gasteiger partial charge in [-0.15, -0.1) is 0 Å². The molecule has 26 heavy (non-hydrogen) atoms. The van der Waals surface area contributed by atoms with Gasteiger partial charge in [0.05, 0.1) is 5.56 Å². The average molecular weight is 337 g/mol. The molecule has 3 nitrogen and oxygen atoms in total. The van der Waals surface area contributed by atoms with Gasteiger partial charge in [-0.2, -0.15) is 0 Å². The lowest BCUT2D eigenvalue weighted by atomic mass is 9.94. The molecule has 4 rings (SSSR count). The zero-order valence-corrected chi connectivity index (χ0v) is 13.9. The number of para-hydroxylation sites is 1. The van der Waals surface area contributed by atoms with Gasteiger partial charge in [-0.25, -0.2) is 4.79 Å². The van der Waals surface area contributed by atoms with E-state index in [1.54, 1.807) is 12.1 Å². The van der Waals surface area contributed by atoms with Gasteiger partial charge in [-0.1, -0.05) is 54.3 Å². The van der Waals surface area contributed by atoms with Crippen LogP contribution in [-0.2, 0) is 0 Å². The lowest BCUT2D eigenvalue weighted by molar-refractivity contribution is 0.0697.